The summed E-state index contributed by atoms with van der Waals surface area (Å²) in [5.74, 6) is 0.0647. The zero-order chi connectivity index (χ0) is 13.8. The Labute approximate surface area is 107 Å². The van der Waals surface area contributed by atoms with E-state index in [1.54, 1.807) is 13.0 Å². The van der Waals surface area contributed by atoms with Gasteiger partial charge in [0, 0.05) is 6.20 Å². The zero-order valence-corrected chi connectivity index (χ0v) is 10.2. The third-order valence-electron chi connectivity index (χ3n) is 2.59. The number of alkyl halides is 2. The van der Waals surface area contributed by atoms with Crippen molar-refractivity contribution in [2.75, 3.05) is 0 Å². The molecule has 0 radical (unpaired) electrons. The maximum Gasteiger partial charge on any atom is 0.268 e. The first kappa shape index (κ1) is 13.2. The van der Waals surface area contributed by atoms with Crippen LogP contribution in [0.5, 0.6) is 0 Å². The Bertz CT molecular complexity index is 537. The lowest BCUT2D eigenvalue weighted by Gasteiger charge is -2.13. The third-order valence-corrected chi connectivity index (χ3v) is 2.59. The van der Waals surface area contributed by atoms with Crippen molar-refractivity contribution in [3.8, 4) is 0 Å². The number of hydrogen-bond acceptors (Lipinski definition) is 3. The Morgan fingerprint density at radius 1 is 1.58 bits per heavy atom. The Kier molecular flexibility index (Phi) is 3.88. The van der Waals surface area contributed by atoms with Crippen molar-refractivity contribution in [3.63, 3.8) is 0 Å². The summed E-state index contributed by atoms with van der Waals surface area (Å²) in [6, 6.07) is 2.66. The van der Waals surface area contributed by atoms with Crippen LogP contribution in [0, 0.1) is 0 Å². The van der Waals surface area contributed by atoms with Crippen LogP contribution < -0.4 is 5.32 Å². The second-order valence-electron chi connectivity index (χ2n) is 4.00. The summed E-state index contributed by atoms with van der Waals surface area (Å²) < 4.78 is 25.9. The maximum atomic E-state index is 12.4. The van der Waals surface area contributed by atoms with Gasteiger partial charge in [0.25, 0.3) is 12.3 Å². The first-order valence-corrected chi connectivity index (χ1v) is 5.67. The van der Waals surface area contributed by atoms with Gasteiger partial charge in [-0.2, -0.15) is 5.10 Å². The number of halogens is 2. The highest BCUT2D eigenvalue weighted by atomic mass is 19.3. The smallest absolute Gasteiger partial charge is 0.268 e. The van der Waals surface area contributed by atoms with E-state index < -0.39 is 18.9 Å². The maximum absolute atomic E-state index is 12.4. The largest absolute Gasteiger partial charge is 0.341 e. The van der Waals surface area contributed by atoms with Crippen molar-refractivity contribution in [3.05, 3.63) is 36.2 Å². The van der Waals surface area contributed by atoms with E-state index in [9.17, 15) is 13.6 Å². The first-order chi connectivity index (χ1) is 9.08. The number of carbonyl (C=O) groups is 1. The van der Waals surface area contributed by atoms with Gasteiger partial charge in [0.15, 0.2) is 0 Å². The van der Waals surface area contributed by atoms with Crippen LogP contribution in [0.2, 0.25) is 0 Å². The fourth-order valence-corrected chi connectivity index (χ4v) is 1.69. The Hall–Kier alpha value is -2.25. The number of nitrogens with zero attached hydrogens (tertiary/aromatic N) is 3. The molecule has 2 aromatic rings. The molecule has 1 unspecified atom stereocenters. The number of amides is 1. The van der Waals surface area contributed by atoms with Crippen molar-refractivity contribution in [2.24, 2.45) is 0 Å². The Morgan fingerprint density at radius 3 is 3.00 bits per heavy atom. The summed E-state index contributed by atoms with van der Waals surface area (Å²) in [7, 11) is 0. The predicted octanol–water partition coefficient (Wildman–Crippen LogP) is 1.36. The molecule has 0 aliphatic carbocycles. The summed E-state index contributed by atoms with van der Waals surface area (Å²) in [6.45, 7) is 1.21. The molecule has 0 aliphatic rings. The zero-order valence-electron chi connectivity index (χ0n) is 10.2. The standard InChI is InChI=1S/C11H13F2N5O/c1-7(10-14-6-15-17-10)16-11(19)8-3-2-4-18(8)5-9(12)13/h2-4,6-7,9H,5H2,1H3,(H,16,19)(H,14,15,17). The summed E-state index contributed by atoms with van der Waals surface area (Å²) in [5.41, 5.74) is 0.187. The van der Waals surface area contributed by atoms with E-state index >= 15 is 0 Å². The number of aromatic amines is 1. The second kappa shape index (κ2) is 5.59. The Balaban J connectivity index is 2.06. The van der Waals surface area contributed by atoms with Crippen LogP contribution in [0.25, 0.3) is 0 Å². The molecule has 0 fully saturated rings. The van der Waals surface area contributed by atoms with Gasteiger partial charge in [0.2, 0.25) is 0 Å². The fourth-order valence-electron chi connectivity index (χ4n) is 1.69. The van der Waals surface area contributed by atoms with Gasteiger partial charge >= 0.3 is 0 Å². The van der Waals surface area contributed by atoms with E-state index in [4.69, 9.17) is 0 Å². The molecule has 6 nitrogen and oxygen atoms in total. The van der Waals surface area contributed by atoms with E-state index in [2.05, 4.69) is 20.5 Å². The average Bonchev–Trinajstić information content (AvgIpc) is 2.97. The average molecular weight is 269 g/mol. The summed E-state index contributed by atoms with van der Waals surface area (Å²) in [5, 5.41) is 8.97. The molecule has 0 aromatic carbocycles. The van der Waals surface area contributed by atoms with Gasteiger partial charge in [-0.05, 0) is 19.1 Å². The van der Waals surface area contributed by atoms with Gasteiger partial charge in [-0.3, -0.25) is 9.89 Å². The van der Waals surface area contributed by atoms with Gasteiger partial charge in [-0.15, -0.1) is 0 Å². The van der Waals surface area contributed by atoms with Gasteiger partial charge in [-0.25, -0.2) is 13.8 Å². The molecule has 0 saturated carbocycles. The molecule has 102 valence electrons. The molecule has 2 rings (SSSR count). The van der Waals surface area contributed by atoms with E-state index in [-0.39, 0.29) is 11.7 Å². The fraction of sp³-hybridized carbons (Fsp3) is 0.364. The van der Waals surface area contributed by atoms with Crippen LogP contribution in [0.4, 0.5) is 8.78 Å². The molecule has 2 aromatic heterocycles. The third kappa shape index (κ3) is 3.15. The molecule has 19 heavy (non-hydrogen) atoms. The quantitative estimate of drug-likeness (QED) is 0.860. The molecule has 2 N–H and O–H groups in total. The Morgan fingerprint density at radius 2 is 2.37 bits per heavy atom. The minimum absolute atomic E-state index is 0.187. The van der Waals surface area contributed by atoms with E-state index in [1.165, 1.54) is 23.2 Å². The molecule has 0 saturated heterocycles. The van der Waals surface area contributed by atoms with E-state index in [1.807, 2.05) is 0 Å². The van der Waals surface area contributed by atoms with Gasteiger partial charge in [0.1, 0.15) is 17.8 Å². The van der Waals surface area contributed by atoms with Crippen LogP contribution in [-0.4, -0.2) is 32.1 Å². The molecule has 0 aliphatic heterocycles. The van der Waals surface area contributed by atoms with E-state index in [0.717, 1.165) is 0 Å². The van der Waals surface area contributed by atoms with Crippen molar-refractivity contribution in [2.45, 2.75) is 25.9 Å². The summed E-state index contributed by atoms with van der Waals surface area (Å²) >= 11 is 0. The summed E-state index contributed by atoms with van der Waals surface area (Å²) in [4.78, 5) is 15.9. The normalized spacial score (nSPS) is 12.6. The van der Waals surface area contributed by atoms with Gasteiger partial charge in [0.05, 0.1) is 12.6 Å². The number of hydrogen-bond donors (Lipinski definition) is 2. The minimum atomic E-state index is -2.51. The monoisotopic (exact) mass is 269 g/mol. The number of carbonyl (C=O) groups excluding carboxylic acids is 1. The minimum Gasteiger partial charge on any atom is -0.341 e. The molecule has 1 atom stereocenters. The van der Waals surface area contributed by atoms with Gasteiger partial charge < -0.3 is 9.88 Å². The van der Waals surface area contributed by atoms with Crippen molar-refractivity contribution < 1.29 is 13.6 Å². The van der Waals surface area contributed by atoms with Gasteiger partial charge in [-0.1, -0.05) is 0 Å². The highest BCUT2D eigenvalue weighted by Crippen LogP contribution is 2.10. The van der Waals surface area contributed by atoms with Crippen LogP contribution in [0.15, 0.2) is 24.7 Å². The van der Waals surface area contributed by atoms with Crippen molar-refractivity contribution in [1.82, 2.24) is 25.1 Å². The van der Waals surface area contributed by atoms with Crippen molar-refractivity contribution in [1.29, 1.82) is 0 Å². The lowest BCUT2D eigenvalue weighted by Crippen LogP contribution is -2.29. The summed E-state index contributed by atoms with van der Waals surface area (Å²) in [6.07, 6.45) is 0.267. The molecule has 8 heteroatoms. The molecular weight excluding hydrogens is 256 g/mol. The number of H-pyrrole nitrogens is 1. The van der Waals surface area contributed by atoms with Crippen LogP contribution in [0.1, 0.15) is 29.3 Å². The second-order valence-corrected chi connectivity index (χ2v) is 4.00. The SMILES string of the molecule is CC(NC(=O)c1cccn1CC(F)F)c1ncn[nH]1. The van der Waals surface area contributed by atoms with Crippen molar-refractivity contribution >= 4 is 5.91 Å². The number of nitrogens with one attached hydrogen (secondary N) is 2. The molecule has 0 bridgehead atoms. The van der Waals surface area contributed by atoms with Crippen LogP contribution in [0.3, 0.4) is 0 Å². The number of aromatic nitrogens is 4. The topological polar surface area (TPSA) is 75.6 Å². The predicted molar refractivity (Wildman–Crippen MR) is 62.7 cm³/mol. The van der Waals surface area contributed by atoms with Crippen LogP contribution in [-0.2, 0) is 6.54 Å². The molecular formula is C11H13F2N5O. The molecule has 2 heterocycles. The molecule has 1 amide bonds. The lowest BCUT2D eigenvalue weighted by molar-refractivity contribution is 0.0915. The molecule has 0 spiro atoms. The first-order valence-electron chi connectivity index (χ1n) is 5.67. The number of rotatable bonds is 5. The lowest BCUT2D eigenvalue weighted by atomic mass is 10.3. The highest BCUT2D eigenvalue weighted by molar-refractivity contribution is 5.92. The van der Waals surface area contributed by atoms with E-state index in [0.29, 0.717) is 5.82 Å². The van der Waals surface area contributed by atoms with Crippen LogP contribution >= 0.6 is 0 Å². The highest BCUT2D eigenvalue weighted by Gasteiger charge is 2.17.